The van der Waals surface area contributed by atoms with Crippen LogP contribution in [0.1, 0.15) is 44.1 Å². The lowest BCUT2D eigenvalue weighted by Gasteiger charge is -2.17. The quantitative estimate of drug-likeness (QED) is 0.568. The highest BCUT2D eigenvalue weighted by molar-refractivity contribution is 5.86. The first kappa shape index (κ1) is 14.1. The standard InChI is InChI=1S/C21H24/c1-17(8-7-11-18-9-3-2-4-10-18)20-15-14-19-12-5-6-13-21(19)16-20/h5-7,11-16,18H,1-4,8-10H2/b11-7+. The van der Waals surface area contributed by atoms with E-state index >= 15 is 0 Å². The zero-order chi connectivity index (χ0) is 14.5. The summed E-state index contributed by atoms with van der Waals surface area (Å²) in [6.45, 7) is 4.26. The van der Waals surface area contributed by atoms with Crippen molar-refractivity contribution in [1.82, 2.24) is 0 Å². The average molecular weight is 276 g/mol. The zero-order valence-corrected chi connectivity index (χ0v) is 12.7. The van der Waals surface area contributed by atoms with Crippen LogP contribution in [0.4, 0.5) is 0 Å². The fraction of sp³-hybridized carbons (Fsp3) is 0.333. The highest BCUT2D eigenvalue weighted by atomic mass is 14.1. The smallest absolute Gasteiger partial charge is 0.00973 e. The van der Waals surface area contributed by atoms with Crippen LogP contribution in [-0.2, 0) is 0 Å². The van der Waals surface area contributed by atoms with Gasteiger partial charge in [0.05, 0.1) is 0 Å². The van der Waals surface area contributed by atoms with Gasteiger partial charge in [-0.05, 0) is 53.2 Å². The molecule has 0 aliphatic heterocycles. The number of hydrogen-bond donors (Lipinski definition) is 0. The van der Waals surface area contributed by atoms with Crippen molar-refractivity contribution in [3.63, 3.8) is 0 Å². The Morgan fingerprint density at radius 3 is 2.57 bits per heavy atom. The van der Waals surface area contributed by atoms with Gasteiger partial charge in [0.2, 0.25) is 0 Å². The molecule has 0 heteroatoms. The molecule has 0 N–H and O–H groups in total. The van der Waals surface area contributed by atoms with Crippen LogP contribution in [0.15, 0.2) is 61.2 Å². The average Bonchev–Trinajstić information content (AvgIpc) is 2.55. The van der Waals surface area contributed by atoms with Gasteiger partial charge in [-0.3, -0.25) is 0 Å². The molecule has 0 nitrogen and oxygen atoms in total. The molecule has 2 aromatic carbocycles. The second-order valence-corrected chi connectivity index (χ2v) is 6.20. The van der Waals surface area contributed by atoms with E-state index in [2.05, 4.69) is 61.2 Å². The third-order valence-corrected chi connectivity index (χ3v) is 4.58. The molecule has 2 aromatic rings. The highest BCUT2D eigenvalue weighted by Crippen LogP contribution is 2.26. The van der Waals surface area contributed by atoms with Crippen LogP contribution in [0, 0.1) is 5.92 Å². The van der Waals surface area contributed by atoms with Crippen molar-refractivity contribution < 1.29 is 0 Å². The second kappa shape index (κ2) is 6.76. The topological polar surface area (TPSA) is 0 Å². The van der Waals surface area contributed by atoms with Gasteiger partial charge in [0.25, 0.3) is 0 Å². The van der Waals surface area contributed by atoms with E-state index in [0.29, 0.717) is 0 Å². The van der Waals surface area contributed by atoms with E-state index in [1.807, 2.05) is 0 Å². The fourth-order valence-corrected chi connectivity index (χ4v) is 3.26. The SMILES string of the molecule is C=C(C/C=C/C1CCCCC1)c1ccc2ccccc2c1. The maximum Gasteiger partial charge on any atom is -0.00973 e. The van der Waals surface area contributed by atoms with E-state index in [9.17, 15) is 0 Å². The Kier molecular flexibility index (Phi) is 4.55. The molecular formula is C21H24. The van der Waals surface area contributed by atoms with E-state index in [0.717, 1.165) is 12.3 Å². The molecule has 21 heavy (non-hydrogen) atoms. The Labute approximate surface area is 128 Å². The van der Waals surface area contributed by atoms with Crippen molar-refractivity contribution >= 4 is 16.3 Å². The van der Waals surface area contributed by atoms with Gasteiger partial charge in [0.1, 0.15) is 0 Å². The third-order valence-electron chi connectivity index (χ3n) is 4.58. The molecule has 108 valence electrons. The summed E-state index contributed by atoms with van der Waals surface area (Å²) in [7, 11) is 0. The monoisotopic (exact) mass is 276 g/mol. The van der Waals surface area contributed by atoms with Gasteiger partial charge in [-0.1, -0.05) is 74.4 Å². The minimum absolute atomic E-state index is 0.808. The van der Waals surface area contributed by atoms with Gasteiger partial charge in [0.15, 0.2) is 0 Å². The summed E-state index contributed by atoms with van der Waals surface area (Å²) in [6, 6.07) is 15.2. The van der Waals surface area contributed by atoms with Crippen LogP contribution in [0.5, 0.6) is 0 Å². The van der Waals surface area contributed by atoms with Crippen LogP contribution >= 0.6 is 0 Å². The van der Waals surface area contributed by atoms with Crippen molar-refractivity contribution in [2.75, 3.05) is 0 Å². The Bertz CT molecular complexity index is 642. The molecule has 0 aromatic heterocycles. The number of hydrogen-bond acceptors (Lipinski definition) is 0. The summed E-state index contributed by atoms with van der Waals surface area (Å²) < 4.78 is 0. The molecule has 3 rings (SSSR count). The van der Waals surface area contributed by atoms with Crippen molar-refractivity contribution in [3.05, 3.63) is 66.8 Å². The van der Waals surface area contributed by atoms with E-state index in [-0.39, 0.29) is 0 Å². The van der Waals surface area contributed by atoms with Crippen molar-refractivity contribution in [1.29, 1.82) is 0 Å². The number of fused-ring (bicyclic) bond motifs is 1. The van der Waals surface area contributed by atoms with Gasteiger partial charge < -0.3 is 0 Å². The van der Waals surface area contributed by atoms with E-state index in [4.69, 9.17) is 0 Å². The molecule has 0 amide bonds. The molecule has 0 saturated heterocycles. The van der Waals surface area contributed by atoms with Gasteiger partial charge in [-0.25, -0.2) is 0 Å². The number of benzene rings is 2. The van der Waals surface area contributed by atoms with Crippen LogP contribution in [0.3, 0.4) is 0 Å². The highest BCUT2D eigenvalue weighted by Gasteiger charge is 2.09. The molecule has 1 aliphatic carbocycles. The number of allylic oxidation sites excluding steroid dienone is 3. The summed E-state index contributed by atoms with van der Waals surface area (Å²) in [5.74, 6) is 0.808. The minimum Gasteiger partial charge on any atom is -0.0949 e. The summed E-state index contributed by atoms with van der Waals surface area (Å²) >= 11 is 0. The lowest BCUT2D eigenvalue weighted by molar-refractivity contribution is 0.419. The van der Waals surface area contributed by atoms with E-state index in [1.54, 1.807) is 0 Å². The molecule has 0 spiro atoms. The zero-order valence-electron chi connectivity index (χ0n) is 12.7. The first-order valence-electron chi connectivity index (χ1n) is 8.16. The lowest BCUT2D eigenvalue weighted by atomic mass is 9.88. The van der Waals surface area contributed by atoms with Crippen LogP contribution in [0.25, 0.3) is 16.3 Å². The maximum absolute atomic E-state index is 4.26. The van der Waals surface area contributed by atoms with E-state index in [1.165, 1.54) is 54.0 Å². The molecule has 1 saturated carbocycles. The fourth-order valence-electron chi connectivity index (χ4n) is 3.26. The van der Waals surface area contributed by atoms with Crippen molar-refractivity contribution in [2.45, 2.75) is 38.5 Å². The summed E-state index contributed by atoms with van der Waals surface area (Å²) in [6.07, 6.45) is 12.7. The largest absolute Gasteiger partial charge is 0.0949 e. The molecule has 0 heterocycles. The Morgan fingerprint density at radius 1 is 1.00 bits per heavy atom. The summed E-state index contributed by atoms with van der Waals surface area (Å²) in [5.41, 5.74) is 2.48. The van der Waals surface area contributed by atoms with Crippen molar-refractivity contribution in [3.8, 4) is 0 Å². The molecule has 1 fully saturated rings. The lowest BCUT2D eigenvalue weighted by Crippen LogP contribution is -2.02. The Morgan fingerprint density at radius 2 is 1.76 bits per heavy atom. The normalized spacial score (nSPS) is 16.6. The summed E-state index contributed by atoms with van der Waals surface area (Å²) in [5, 5.41) is 2.60. The maximum atomic E-state index is 4.26. The van der Waals surface area contributed by atoms with Gasteiger partial charge in [-0.2, -0.15) is 0 Å². The summed E-state index contributed by atoms with van der Waals surface area (Å²) in [4.78, 5) is 0. The minimum atomic E-state index is 0.808. The molecule has 0 bridgehead atoms. The van der Waals surface area contributed by atoms with Gasteiger partial charge >= 0.3 is 0 Å². The van der Waals surface area contributed by atoms with Gasteiger partial charge in [-0.15, -0.1) is 0 Å². The predicted molar refractivity (Wildman–Crippen MR) is 93.3 cm³/mol. The first-order chi connectivity index (χ1) is 10.3. The molecule has 0 radical (unpaired) electrons. The predicted octanol–water partition coefficient (Wildman–Crippen LogP) is 6.38. The van der Waals surface area contributed by atoms with Gasteiger partial charge in [0, 0.05) is 0 Å². The molecule has 0 atom stereocenters. The third kappa shape index (κ3) is 3.64. The Hall–Kier alpha value is -1.82. The first-order valence-corrected chi connectivity index (χ1v) is 8.16. The number of rotatable bonds is 4. The van der Waals surface area contributed by atoms with Crippen molar-refractivity contribution in [2.24, 2.45) is 5.92 Å². The van der Waals surface area contributed by atoms with E-state index < -0.39 is 0 Å². The second-order valence-electron chi connectivity index (χ2n) is 6.20. The molecule has 1 aliphatic rings. The molecule has 0 unspecified atom stereocenters. The van der Waals surface area contributed by atoms with Crippen LogP contribution in [0.2, 0.25) is 0 Å². The Balaban J connectivity index is 1.64. The van der Waals surface area contributed by atoms with Crippen LogP contribution < -0.4 is 0 Å². The molecular weight excluding hydrogens is 252 g/mol. The van der Waals surface area contributed by atoms with Crippen LogP contribution in [-0.4, -0.2) is 0 Å².